The van der Waals surface area contributed by atoms with Crippen LogP contribution in [0, 0.1) is 5.92 Å². The van der Waals surface area contributed by atoms with Crippen molar-refractivity contribution in [3.05, 3.63) is 0 Å². The summed E-state index contributed by atoms with van der Waals surface area (Å²) in [6, 6.07) is 0.00598. The van der Waals surface area contributed by atoms with E-state index in [1.807, 2.05) is 0 Å². The first-order chi connectivity index (χ1) is 9.43. The quantitative estimate of drug-likeness (QED) is 0.745. The molecule has 2 aliphatic heterocycles. The van der Waals surface area contributed by atoms with Gasteiger partial charge in [0.25, 0.3) is 10.2 Å². The molecule has 2 aliphatic rings. The highest BCUT2D eigenvalue weighted by Crippen LogP contribution is 2.23. The molecule has 2 N–H and O–H groups in total. The van der Waals surface area contributed by atoms with Crippen LogP contribution in [-0.4, -0.2) is 67.4 Å². The highest BCUT2D eigenvalue weighted by atomic mass is 32.2. The lowest BCUT2D eigenvalue weighted by molar-refractivity contribution is -0.142. The number of carboxylic acid groups (broad SMARTS) is 1. The Labute approximate surface area is 120 Å². The third-order valence-electron chi connectivity index (χ3n) is 4.25. The van der Waals surface area contributed by atoms with Crippen LogP contribution in [0.2, 0.25) is 0 Å². The normalized spacial score (nSPS) is 26.8. The predicted molar refractivity (Wildman–Crippen MR) is 74.5 cm³/mol. The molecule has 1 atom stereocenters. The highest BCUT2D eigenvalue weighted by Gasteiger charge is 2.37. The summed E-state index contributed by atoms with van der Waals surface area (Å²) in [5.41, 5.74) is 0. The van der Waals surface area contributed by atoms with E-state index in [9.17, 15) is 13.2 Å². The Kier molecular flexibility index (Phi) is 5.00. The molecule has 2 rings (SSSR count). The maximum Gasteiger partial charge on any atom is 0.307 e. The van der Waals surface area contributed by atoms with Crippen LogP contribution in [0.4, 0.5) is 0 Å². The van der Waals surface area contributed by atoms with Crippen molar-refractivity contribution < 1.29 is 18.3 Å². The van der Waals surface area contributed by atoms with Crippen molar-refractivity contribution in [1.29, 1.82) is 0 Å². The number of hydrogen-bond acceptors (Lipinski definition) is 4. The van der Waals surface area contributed by atoms with Gasteiger partial charge in [0.15, 0.2) is 0 Å². The Bertz CT molecular complexity index is 448. The second-order valence-corrected chi connectivity index (χ2v) is 7.53. The molecule has 2 fully saturated rings. The van der Waals surface area contributed by atoms with E-state index < -0.39 is 22.1 Å². The van der Waals surface area contributed by atoms with Crippen LogP contribution < -0.4 is 5.32 Å². The number of rotatable bonds is 4. The summed E-state index contributed by atoms with van der Waals surface area (Å²) in [7, 11) is -1.95. The lowest BCUT2D eigenvalue weighted by Gasteiger charge is -2.37. The second kappa shape index (κ2) is 6.38. The van der Waals surface area contributed by atoms with Crippen molar-refractivity contribution in [3.8, 4) is 0 Å². The van der Waals surface area contributed by atoms with E-state index in [-0.39, 0.29) is 12.6 Å². The fourth-order valence-corrected chi connectivity index (χ4v) is 4.57. The highest BCUT2D eigenvalue weighted by molar-refractivity contribution is 7.86. The Morgan fingerprint density at radius 1 is 1.30 bits per heavy atom. The third-order valence-corrected chi connectivity index (χ3v) is 6.26. The molecule has 0 spiro atoms. The summed E-state index contributed by atoms with van der Waals surface area (Å²) >= 11 is 0. The summed E-state index contributed by atoms with van der Waals surface area (Å²) in [4.78, 5) is 11.1. The number of aliphatic carboxylic acids is 1. The maximum absolute atomic E-state index is 12.6. The van der Waals surface area contributed by atoms with E-state index in [1.165, 1.54) is 8.61 Å². The Balaban J connectivity index is 2.06. The van der Waals surface area contributed by atoms with Gasteiger partial charge in [-0.15, -0.1) is 0 Å². The number of carboxylic acids is 1. The molecule has 1 unspecified atom stereocenters. The average molecular weight is 305 g/mol. The van der Waals surface area contributed by atoms with Gasteiger partial charge in [-0.1, -0.05) is 0 Å². The molecule has 0 aliphatic carbocycles. The zero-order chi connectivity index (χ0) is 14.8. The van der Waals surface area contributed by atoms with Crippen molar-refractivity contribution in [1.82, 2.24) is 13.9 Å². The van der Waals surface area contributed by atoms with E-state index in [2.05, 4.69) is 5.32 Å². The Morgan fingerprint density at radius 2 is 1.95 bits per heavy atom. The van der Waals surface area contributed by atoms with Crippen LogP contribution in [0.25, 0.3) is 0 Å². The summed E-state index contributed by atoms with van der Waals surface area (Å²) in [5.74, 6) is -1.49. The molecule has 0 radical (unpaired) electrons. The van der Waals surface area contributed by atoms with Crippen LogP contribution in [0.5, 0.6) is 0 Å². The van der Waals surface area contributed by atoms with Gasteiger partial charge in [-0.3, -0.25) is 4.79 Å². The van der Waals surface area contributed by atoms with Crippen LogP contribution in [-0.2, 0) is 15.0 Å². The smallest absolute Gasteiger partial charge is 0.307 e. The van der Waals surface area contributed by atoms with Gasteiger partial charge < -0.3 is 10.4 Å². The minimum absolute atomic E-state index is 0.00598. The first-order valence-corrected chi connectivity index (χ1v) is 8.49. The summed E-state index contributed by atoms with van der Waals surface area (Å²) < 4.78 is 27.9. The monoisotopic (exact) mass is 305 g/mol. The van der Waals surface area contributed by atoms with E-state index in [0.29, 0.717) is 19.4 Å². The first kappa shape index (κ1) is 15.7. The number of hydrogen-bond donors (Lipinski definition) is 2. The minimum Gasteiger partial charge on any atom is -0.481 e. The lowest BCUT2D eigenvalue weighted by Crippen LogP contribution is -2.52. The van der Waals surface area contributed by atoms with E-state index in [1.54, 1.807) is 7.05 Å². The molecule has 2 heterocycles. The van der Waals surface area contributed by atoms with Gasteiger partial charge in [-0.2, -0.15) is 17.0 Å². The molecule has 116 valence electrons. The first-order valence-electron chi connectivity index (χ1n) is 7.09. The Hall–Kier alpha value is -0.700. The van der Waals surface area contributed by atoms with Gasteiger partial charge in [0.2, 0.25) is 0 Å². The lowest BCUT2D eigenvalue weighted by atomic mass is 10.0. The molecule has 8 heteroatoms. The molecule has 0 bridgehead atoms. The van der Waals surface area contributed by atoms with Crippen LogP contribution >= 0.6 is 0 Å². The minimum atomic E-state index is -3.55. The van der Waals surface area contributed by atoms with E-state index in [0.717, 1.165) is 25.9 Å². The third kappa shape index (κ3) is 3.30. The topological polar surface area (TPSA) is 90.0 Å². The van der Waals surface area contributed by atoms with Crippen molar-refractivity contribution in [2.45, 2.75) is 31.7 Å². The van der Waals surface area contributed by atoms with Gasteiger partial charge in [0, 0.05) is 26.2 Å². The predicted octanol–water partition coefficient (Wildman–Crippen LogP) is -0.288. The summed E-state index contributed by atoms with van der Waals surface area (Å²) in [6.45, 7) is 2.15. The molecule has 0 amide bonds. The van der Waals surface area contributed by atoms with Crippen molar-refractivity contribution >= 4 is 16.2 Å². The summed E-state index contributed by atoms with van der Waals surface area (Å²) in [5, 5.41) is 12.3. The van der Waals surface area contributed by atoms with E-state index >= 15 is 0 Å². The molecule has 2 saturated heterocycles. The van der Waals surface area contributed by atoms with Crippen LogP contribution in [0.15, 0.2) is 0 Å². The van der Waals surface area contributed by atoms with Crippen molar-refractivity contribution in [3.63, 3.8) is 0 Å². The van der Waals surface area contributed by atoms with Gasteiger partial charge in [0.1, 0.15) is 0 Å². The Morgan fingerprint density at radius 3 is 2.55 bits per heavy atom. The largest absolute Gasteiger partial charge is 0.481 e. The number of nitrogens with zero attached hydrogens (tertiary/aromatic N) is 2. The average Bonchev–Trinajstić information content (AvgIpc) is 2.47. The summed E-state index contributed by atoms with van der Waals surface area (Å²) in [6.07, 6.45) is 2.76. The molecular weight excluding hydrogens is 282 g/mol. The van der Waals surface area contributed by atoms with Gasteiger partial charge in [-0.25, -0.2) is 0 Å². The number of nitrogens with one attached hydrogen (secondary N) is 1. The fourth-order valence-electron chi connectivity index (χ4n) is 2.89. The zero-order valence-corrected chi connectivity index (χ0v) is 12.6. The van der Waals surface area contributed by atoms with Crippen molar-refractivity contribution in [2.24, 2.45) is 5.92 Å². The molecule has 0 aromatic carbocycles. The van der Waals surface area contributed by atoms with Crippen LogP contribution in [0.1, 0.15) is 25.7 Å². The second-order valence-electron chi connectivity index (χ2n) is 5.54. The molecule has 0 saturated carbocycles. The molecule has 0 aromatic rings. The van der Waals surface area contributed by atoms with Crippen molar-refractivity contribution in [2.75, 3.05) is 33.2 Å². The van der Waals surface area contributed by atoms with Gasteiger partial charge >= 0.3 is 5.97 Å². The fraction of sp³-hybridized carbons (Fsp3) is 0.917. The molecule has 0 aromatic heterocycles. The number of piperidine rings is 2. The molecule has 20 heavy (non-hydrogen) atoms. The SMILES string of the molecule is CN(C1CCNCC1)S(=O)(=O)N1CCCC(C(=O)O)C1. The van der Waals surface area contributed by atoms with Gasteiger partial charge in [0.05, 0.1) is 5.92 Å². The zero-order valence-electron chi connectivity index (χ0n) is 11.8. The molecule has 7 nitrogen and oxygen atoms in total. The number of carbonyl (C=O) groups is 1. The molecular formula is C12H23N3O4S. The maximum atomic E-state index is 12.6. The van der Waals surface area contributed by atoms with E-state index in [4.69, 9.17) is 5.11 Å². The van der Waals surface area contributed by atoms with Gasteiger partial charge in [-0.05, 0) is 38.8 Å². The standard InChI is InChI=1S/C12H23N3O4S/c1-14(11-4-6-13-7-5-11)20(18,19)15-8-2-3-10(9-15)12(16)17/h10-11,13H,2-9H2,1H3,(H,16,17). The van der Waals surface area contributed by atoms with Crippen LogP contribution in [0.3, 0.4) is 0 Å².